The number of ether oxygens (including phenoxy) is 1. The minimum atomic E-state index is -0.291. The van der Waals surface area contributed by atoms with Crippen molar-refractivity contribution in [3.05, 3.63) is 78.1 Å². The van der Waals surface area contributed by atoms with Crippen molar-refractivity contribution in [1.29, 1.82) is 0 Å². The van der Waals surface area contributed by atoms with Crippen molar-refractivity contribution in [1.82, 2.24) is 9.97 Å². The van der Waals surface area contributed by atoms with Crippen molar-refractivity contribution in [2.24, 2.45) is 0 Å². The SMILES string of the molecule is Cc1cc(-c2cc(F)ccc2OCc2ccncc2)ccn1. The van der Waals surface area contributed by atoms with Gasteiger partial charge >= 0.3 is 0 Å². The summed E-state index contributed by atoms with van der Waals surface area (Å²) in [6.45, 7) is 2.31. The lowest BCUT2D eigenvalue weighted by Gasteiger charge is -2.12. The lowest BCUT2D eigenvalue weighted by Crippen LogP contribution is -1.98. The molecule has 0 aliphatic rings. The molecule has 4 heteroatoms. The fourth-order valence-electron chi connectivity index (χ4n) is 2.21. The second-order valence-corrected chi connectivity index (χ2v) is 4.97. The van der Waals surface area contributed by atoms with Crippen LogP contribution in [-0.2, 0) is 6.61 Å². The van der Waals surface area contributed by atoms with Crippen LogP contribution in [0.2, 0.25) is 0 Å². The van der Waals surface area contributed by atoms with Crippen molar-refractivity contribution in [3.8, 4) is 16.9 Å². The first kappa shape index (κ1) is 14.2. The molecule has 1 aromatic carbocycles. The first-order valence-corrected chi connectivity index (χ1v) is 6.96. The van der Waals surface area contributed by atoms with Gasteiger partial charge in [0.15, 0.2) is 0 Å². The molecule has 0 N–H and O–H groups in total. The van der Waals surface area contributed by atoms with Crippen LogP contribution in [0.5, 0.6) is 5.75 Å². The van der Waals surface area contributed by atoms with Gasteiger partial charge in [0.05, 0.1) is 0 Å². The maximum Gasteiger partial charge on any atom is 0.127 e. The molecule has 0 radical (unpaired) electrons. The Bertz CT molecular complexity index is 775. The number of nitrogens with zero attached hydrogens (tertiary/aromatic N) is 2. The quantitative estimate of drug-likeness (QED) is 0.724. The number of pyridine rings is 2. The zero-order chi connectivity index (χ0) is 15.4. The Balaban J connectivity index is 1.91. The van der Waals surface area contributed by atoms with Gasteiger partial charge in [-0.1, -0.05) is 0 Å². The summed E-state index contributed by atoms with van der Waals surface area (Å²) in [5, 5.41) is 0. The highest BCUT2D eigenvalue weighted by Gasteiger charge is 2.09. The van der Waals surface area contributed by atoms with Crippen LogP contribution < -0.4 is 4.74 Å². The summed E-state index contributed by atoms with van der Waals surface area (Å²) in [7, 11) is 0. The molecule has 2 heterocycles. The van der Waals surface area contributed by atoms with Crippen LogP contribution in [0, 0.1) is 12.7 Å². The van der Waals surface area contributed by atoms with E-state index in [0.717, 1.165) is 22.4 Å². The average Bonchev–Trinajstić information content (AvgIpc) is 2.54. The third-order valence-electron chi connectivity index (χ3n) is 3.29. The molecule has 2 aromatic heterocycles. The van der Waals surface area contributed by atoms with Gasteiger partial charge in [-0.3, -0.25) is 9.97 Å². The maximum atomic E-state index is 13.6. The number of hydrogen-bond acceptors (Lipinski definition) is 3. The highest BCUT2D eigenvalue weighted by Crippen LogP contribution is 2.31. The summed E-state index contributed by atoms with van der Waals surface area (Å²) in [6.07, 6.45) is 5.15. The third-order valence-corrected chi connectivity index (χ3v) is 3.29. The highest BCUT2D eigenvalue weighted by atomic mass is 19.1. The molecule has 0 aliphatic carbocycles. The van der Waals surface area contributed by atoms with Gasteiger partial charge in [0, 0.05) is 29.8 Å². The fraction of sp³-hybridized carbons (Fsp3) is 0.111. The number of hydrogen-bond donors (Lipinski definition) is 0. The molecule has 0 bridgehead atoms. The number of aromatic nitrogens is 2. The van der Waals surface area contributed by atoms with Crippen molar-refractivity contribution in [2.75, 3.05) is 0 Å². The molecule has 0 fully saturated rings. The Morgan fingerprint density at radius 1 is 1.00 bits per heavy atom. The molecule has 3 rings (SSSR count). The van der Waals surface area contributed by atoms with E-state index in [1.54, 1.807) is 24.7 Å². The monoisotopic (exact) mass is 294 g/mol. The van der Waals surface area contributed by atoms with Crippen LogP contribution in [0.1, 0.15) is 11.3 Å². The third kappa shape index (κ3) is 3.28. The zero-order valence-electron chi connectivity index (χ0n) is 12.2. The summed E-state index contributed by atoms with van der Waals surface area (Å²) in [4.78, 5) is 8.14. The van der Waals surface area contributed by atoms with E-state index in [9.17, 15) is 4.39 Å². The van der Waals surface area contributed by atoms with E-state index in [-0.39, 0.29) is 5.82 Å². The summed E-state index contributed by atoms with van der Waals surface area (Å²) in [5.74, 6) is 0.351. The van der Waals surface area contributed by atoms with Crippen molar-refractivity contribution >= 4 is 0 Å². The first-order valence-electron chi connectivity index (χ1n) is 6.96. The Hall–Kier alpha value is -2.75. The largest absolute Gasteiger partial charge is 0.488 e. The van der Waals surface area contributed by atoms with Crippen molar-refractivity contribution in [3.63, 3.8) is 0 Å². The Labute approximate surface area is 128 Å². The van der Waals surface area contributed by atoms with Crippen LogP contribution in [0.4, 0.5) is 4.39 Å². The molecule has 3 aromatic rings. The molecule has 0 amide bonds. The van der Waals surface area contributed by atoms with Crippen LogP contribution >= 0.6 is 0 Å². The van der Waals surface area contributed by atoms with Crippen LogP contribution in [-0.4, -0.2) is 9.97 Å². The molecule has 0 saturated heterocycles. The lowest BCUT2D eigenvalue weighted by atomic mass is 10.0. The van der Waals surface area contributed by atoms with Gasteiger partial charge in [0.2, 0.25) is 0 Å². The first-order chi connectivity index (χ1) is 10.7. The average molecular weight is 294 g/mol. The Kier molecular flexibility index (Phi) is 4.10. The second kappa shape index (κ2) is 6.35. The lowest BCUT2D eigenvalue weighted by molar-refractivity contribution is 0.307. The van der Waals surface area contributed by atoms with E-state index in [1.807, 2.05) is 31.2 Å². The van der Waals surface area contributed by atoms with E-state index >= 15 is 0 Å². The molecule has 0 atom stereocenters. The molecule has 110 valence electrons. The van der Waals surface area contributed by atoms with Crippen LogP contribution in [0.3, 0.4) is 0 Å². The normalized spacial score (nSPS) is 10.5. The van der Waals surface area contributed by atoms with Gasteiger partial charge in [-0.15, -0.1) is 0 Å². The number of rotatable bonds is 4. The fourth-order valence-corrected chi connectivity index (χ4v) is 2.21. The van der Waals surface area contributed by atoms with Gasteiger partial charge in [0.25, 0.3) is 0 Å². The van der Waals surface area contributed by atoms with Crippen molar-refractivity contribution < 1.29 is 9.13 Å². The standard InChI is InChI=1S/C18H15FN2O/c1-13-10-15(6-9-21-13)17-11-16(19)2-3-18(17)22-12-14-4-7-20-8-5-14/h2-11H,12H2,1H3. The summed E-state index contributed by atoms with van der Waals surface area (Å²) in [6, 6.07) is 12.1. The van der Waals surface area contributed by atoms with Gasteiger partial charge in [-0.25, -0.2) is 4.39 Å². The molecule has 3 nitrogen and oxygen atoms in total. The molecule has 0 spiro atoms. The molecular formula is C18H15FN2O. The molecule has 22 heavy (non-hydrogen) atoms. The number of aryl methyl sites for hydroxylation is 1. The van der Waals surface area contributed by atoms with Gasteiger partial charge in [-0.05, 0) is 60.5 Å². The second-order valence-electron chi connectivity index (χ2n) is 4.97. The predicted molar refractivity (Wildman–Crippen MR) is 82.9 cm³/mol. The molecular weight excluding hydrogens is 279 g/mol. The van der Waals surface area contributed by atoms with Gasteiger partial charge in [-0.2, -0.15) is 0 Å². The minimum Gasteiger partial charge on any atom is -0.488 e. The van der Waals surface area contributed by atoms with E-state index in [4.69, 9.17) is 4.74 Å². The number of benzene rings is 1. The van der Waals surface area contributed by atoms with Gasteiger partial charge < -0.3 is 4.74 Å². The van der Waals surface area contributed by atoms with E-state index in [0.29, 0.717) is 12.4 Å². The summed E-state index contributed by atoms with van der Waals surface area (Å²) < 4.78 is 19.5. The Morgan fingerprint density at radius 2 is 1.82 bits per heavy atom. The maximum absolute atomic E-state index is 13.6. The zero-order valence-corrected chi connectivity index (χ0v) is 12.2. The molecule has 0 unspecified atom stereocenters. The van der Waals surface area contributed by atoms with E-state index in [1.165, 1.54) is 12.1 Å². The summed E-state index contributed by atoms with van der Waals surface area (Å²) >= 11 is 0. The summed E-state index contributed by atoms with van der Waals surface area (Å²) in [5.41, 5.74) is 3.49. The topological polar surface area (TPSA) is 35.0 Å². The number of halogens is 1. The van der Waals surface area contributed by atoms with Crippen molar-refractivity contribution in [2.45, 2.75) is 13.5 Å². The highest BCUT2D eigenvalue weighted by molar-refractivity contribution is 5.70. The molecule has 0 aliphatic heterocycles. The Morgan fingerprint density at radius 3 is 2.59 bits per heavy atom. The molecule has 0 saturated carbocycles. The predicted octanol–water partition coefficient (Wildman–Crippen LogP) is 4.17. The smallest absolute Gasteiger partial charge is 0.127 e. The van der Waals surface area contributed by atoms with E-state index in [2.05, 4.69) is 9.97 Å². The van der Waals surface area contributed by atoms with Crippen LogP contribution in [0.25, 0.3) is 11.1 Å². The van der Waals surface area contributed by atoms with Gasteiger partial charge in [0.1, 0.15) is 18.2 Å². The van der Waals surface area contributed by atoms with Crippen LogP contribution in [0.15, 0.2) is 61.1 Å². The van der Waals surface area contributed by atoms with E-state index < -0.39 is 0 Å². The minimum absolute atomic E-state index is 0.291.